The van der Waals surface area contributed by atoms with E-state index in [9.17, 15) is 0 Å². The third-order valence-corrected chi connectivity index (χ3v) is 5.84. The normalized spacial score (nSPS) is 26.8. The van der Waals surface area contributed by atoms with Crippen molar-refractivity contribution in [1.82, 2.24) is 15.5 Å². The molecular formula is C21H33IN4O3. The van der Waals surface area contributed by atoms with E-state index in [4.69, 9.17) is 14.2 Å². The lowest BCUT2D eigenvalue weighted by Crippen LogP contribution is -2.47. The first-order valence-corrected chi connectivity index (χ1v) is 10.5. The Morgan fingerprint density at radius 3 is 2.79 bits per heavy atom. The number of morpholine rings is 1. The van der Waals surface area contributed by atoms with E-state index >= 15 is 0 Å². The maximum absolute atomic E-state index is 6.08. The van der Waals surface area contributed by atoms with Gasteiger partial charge in [-0.2, -0.15) is 0 Å². The first-order chi connectivity index (χ1) is 13.8. The third-order valence-electron chi connectivity index (χ3n) is 5.84. The largest absolute Gasteiger partial charge is 0.492 e. The highest BCUT2D eigenvalue weighted by Crippen LogP contribution is 2.34. The van der Waals surface area contributed by atoms with Crippen molar-refractivity contribution in [2.75, 3.05) is 46.5 Å². The van der Waals surface area contributed by atoms with Crippen molar-refractivity contribution < 1.29 is 14.2 Å². The van der Waals surface area contributed by atoms with Crippen LogP contribution < -0.4 is 15.4 Å². The van der Waals surface area contributed by atoms with Gasteiger partial charge in [-0.3, -0.25) is 9.89 Å². The fourth-order valence-electron chi connectivity index (χ4n) is 4.24. The van der Waals surface area contributed by atoms with Crippen LogP contribution in [0.15, 0.2) is 29.3 Å². The number of fused-ring (bicyclic) bond motifs is 2. The van der Waals surface area contributed by atoms with Crippen LogP contribution in [-0.2, 0) is 16.0 Å². The first-order valence-electron chi connectivity index (χ1n) is 10.5. The molecule has 7 nitrogen and oxygen atoms in total. The van der Waals surface area contributed by atoms with Crippen LogP contribution in [0.1, 0.15) is 24.8 Å². The highest BCUT2D eigenvalue weighted by molar-refractivity contribution is 14.0. The Morgan fingerprint density at radius 1 is 1.24 bits per heavy atom. The molecule has 0 spiro atoms. The van der Waals surface area contributed by atoms with E-state index in [0.717, 1.165) is 63.0 Å². The van der Waals surface area contributed by atoms with Gasteiger partial charge in [0.15, 0.2) is 5.96 Å². The van der Waals surface area contributed by atoms with Crippen molar-refractivity contribution in [2.24, 2.45) is 4.99 Å². The zero-order valence-electron chi connectivity index (χ0n) is 17.1. The third kappa shape index (κ3) is 6.19. The minimum Gasteiger partial charge on any atom is -0.492 e. The summed E-state index contributed by atoms with van der Waals surface area (Å²) in [4.78, 5) is 6.77. The molecule has 0 aromatic heterocycles. The Morgan fingerprint density at radius 2 is 2.07 bits per heavy atom. The summed E-state index contributed by atoms with van der Waals surface area (Å²) in [5.74, 6) is 1.76. The molecule has 3 aliphatic heterocycles. The van der Waals surface area contributed by atoms with Crippen LogP contribution in [0.25, 0.3) is 0 Å². The molecular weight excluding hydrogens is 483 g/mol. The van der Waals surface area contributed by atoms with Crippen molar-refractivity contribution in [1.29, 1.82) is 0 Å². The molecule has 3 atom stereocenters. The monoisotopic (exact) mass is 516 g/mol. The van der Waals surface area contributed by atoms with Gasteiger partial charge in [-0.25, -0.2) is 0 Å². The molecule has 162 valence electrons. The average Bonchev–Trinajstić information content (AvgIpc) is 3.36. The topological polar surface area (TPSA) is 67.4 Å². The van der Waals surface area contributed by atoms with Crippen molar-refractivity contribution in [3.8, 4) is 5.75 Å². The van der Waals surface area contributed by atoms with Gasteiger partial charge in [-0.1, -0.05) is 18.2 Å². The highest BCUT2D eigenvalue weighted by Gasteiger charge is 2.41. The number of ether oxygens (including phenoxy) is 3. The number of hydrogen-bond donors (Lipinski definition) is 2. The maximum atomic E-state index is 6.08. The van der Waals surface area contributed by atoms with Gasteiger partial charge in [0.25, 0.3) is 0 Å². The molecule has 2 bridgehead atoms. The van der Waals surface area contributed by atoms with Crippen molar-refractivity contribution in [3.05, 3.63) is 29.8 Å². The number of rotatable bonds is 7. The molecule has 3 fully saturated rings. The number of benzene rings is 1. The Balaban J connectivity index is 0.00000240. The Hall–Kier alpha value is -1.10. The van der Waals surface area contributed by atoms with E-state index in [1.54, 1.807) is 0 Å². The second-order valence-electron chi connectivity index (χ2n) is 7.70. The SMILES string of the molecule is CN=C(NCc1ccccc1OCCN1CCOCC1)NC1CC2CCC1O2.I. The fraction of sp³-hybridized carbons (Fsp3) is 0.667. The summed E-state index contributed by atoms with van der Waals surface area (Å²) in [5.41, 5.74) is 1.14. The highest BCUT2D eigenvalue weighted by atomic mass is 127. The number of hydrogen-bond acceptors (Lipinski definition) is 5. The Bertz CT molecular complexity index is 669. The van der Waals surface area contributed by atoms with E-state index in [1.165, 1.54) is 6.42 Å². The van der Waals surface area contributed by atoms with Gasteiger partial charge in [0.2, 0.25) is 0 Å². The van der Waals surface area contributed by atoms with E-state index in [-0.39, 0.29) is 24.0 Å². The van der Waals surface area contributed by atoms with Crippen LogP contribution in [-0.4, -0.2) is 75.6 Å². The summed E-state index contributed by atoms with van der Waals surface area (Å²) in [5, 5.41) is 6.96. The molecule has 3 saturated heterocycles. The Kier molecular flexibility index (Phi) is 8.83. The molecule has 8 heteroatoms. The van der Waals surface area contributed by atoms with E-state index in [2.05, 4.69) is 26.6 Å². The zero-order chi connectivity index (χ0) is 19.2. The average molecular weight is 516 g/mol. The molecule has 0 amide bonds. The predicted molar refractivity (Wildman–Crippen MR) is 124 cm³/mol. The van der Waals surface area contributed by atoms with Crippen LogP contribution in [0.4, 0.5) is 0 Å². The molecule has 1 aromatic carbocycles. The van der Waals surface area contributed by atoms with Gasteiger partial charge in [0.05, 0.1) is 31.5 Å². The molecule has 3 unspecified atom stereocenters. The van der Waals surface area contributed by atoms with Crippen LogP contribution in [0.3, 0.4) is 0 Å². The van der Waals surface area contributed by atoms with Crippen LogP contribution in [0.5, 0.6) is 5.75 Å². The van der Waals surface area contributed by atoms with Crippen molar-refractivity contribution in [2.45, 2.75) is 44.1 Å². The molecule has 0 radical (unpaired) electrons. The summed E-state index contributed by atoms with van der Waals surface area (Å²) in [6, 6.07) is 8.57. The molecule has 3 heterocycles. The minimum absolute atomic E-state index is 0. The first kappa shape index (κ1) is 22.6. The van der Waals surface area contributed by atoms with Gasteiger partial charge in [-0.05, 0) is 25.3 Å². The van der Waals surface area contributed by atoms with E-state index in [1.807, 2.05) is 25.2 Å². The van der Waals surface area contributed by atoms with Crippen LogP contribution in [0, 0.1) is 0 Å². The van der Waals surface area contributed by atoms with Gasteiger partial charge in [0.1, 0.15) is 12.4 Å². The lowest BCUT2D eigenvalue weighted by Gasteiger charge is -2.26. The quantitative estimate of drug-likeness (QED) is 0.329. The summed E-state index contributed by atoms with van der Waals surface area (Å²) >= 11 is 0. The summed E-state index contributed by atoms with van der Waals surface area (Å²) in [7, 11) is 1.81. The van der Waals surface area contributed by atoms with Gasteiger partial charge in [-0.15, -0.1) is 24.0 Å². The lowest BCUT2D eigenvalue weighted by molar-refractivity contribution is 0.0322. The number of guanidine groups is 1. The Labute approximate surface area is 190 Å². The number of nitrogens with zero attached hydrogens (tertiary/aromatic N) is 2. The fourth-order valence-corrected chi connectivity index (χ4v) is 4.24. The standard InChI is InChI=1S/C21H32N4O3.HI/c1-22-21(24-18-14-17-6-7-20(18)28-17)23-15-16-4-2-3-5-19(16)27-13-10-25-8-11-26-12-9-25;/h2-5,17-18,20H,6-15H2,1H3,(H2,22,23,24);1H. The molecule has 2 N–H and O–H groups in total. The second kappa shape index (κ2) is 11.3. The molecule has 0 aliphatic carbocycles. The minimum atomic E-state index is 0. The molecule has 3 aliphatic rings. The van der Waals surface area contributed by atoms with Gasteiger partial charge < -0.3 is 24.8 Å². The second-order valence-corrected chi connectivity index (χ2v) is 7.70. The summed E-state index contributed by atoms with van der Waals surface area (Å²) in [6.07, 6.45) is 4.19. The van der Waals surface area contributed by atoms with Crippen LogP contribution in [0.2, 0.25) is 0 Å². The molecule has 1 aromatic rings. The molecule has 0 saturated carbocycles. The molecule has 29 heavy (non-hydrogen) atoms. The molecule has 4 rings (SSSR count). The van der Waals surface area contributed by atoms with E-state index in [0.29, 0.717) is 31.4 Å². The van der Waals surface area contributed by atoms with Gasteiger partial charge >= 0.3 is 0 Å². The van der Waals surface area contributed by atoms with Crippen molar-refractivity contribution in [3.63, 3.8) is 0 Å². The van der Waals surface area contributed by atoms with Crippen molar-refractivity contribution >= 4 is 29.9 Å². The maximum Gasteiger partial charge on any atom is 0.191 e. The number of para-hydroxylation sites is 1. The van der Waals surface area contributed by atoms with E-state index < -0.39 is 0 Å². The number of nitrogens with one attached hydrogen (secondary N) is 2. The number of halogens is 1. The summed E-state index contributed by atoms with van der Waals surface area (Å²) in [6.45, 7) is 5.91. The van der Waals surface area contributed by atoms with Crippen LogP contribution >= 0.6 is 24.0 Å². The van der Waals surface area contributed by atoms with Gasteiger partial charge in [0, 0.05) is 38.8 Å². The lowest BCUT2D eigenvalue weighted by atomic mass is 9.96. The predicted octanol–water partition coefficient (Wildman–Crippen LogP) is 2.00. The smallest absolute Gasteiger partial charge is 0.191 e. The zero-order valence-corrected chi connectivity index (χ0v) is 19.5. The number of aliphatic imine (C=N–C) groups is 1. The summed E-state index contributed by atoms with van der Waals surface area (Å²) < 4.78 is 17.4.